The molecule has 2 N–H and O–H groups in total. The molecule has 0 radical (unpaired) electrons. The number of carbonyl (C=O) groups is 2. The number of amides is 1. The first-order valence-corrected chi connectivity index (χ1v) is 8.10. The van der Waals surface area contributed by atoms with Crippen LogP contribution in [0.3, 0.4) is 0 Å². The normalized spacial score (nSPS) is 11.9. The fraction of sp³-hybridized carbons (Fsp3) is 0.0500. The number of aromatic nitrogens is 1. The molecule has 0 aliphatic carbocycles. The van der Waals surface area contributed by atoms with E-state index in [1.165, 1.54) is 54.7 Å². The number of hydrogen-bond acceptors (Lipinski definition) is 3. The predicted octanol–water partition coefficient (Wildman–Crippen LogP) is 4.60. The molecule has 0 unspecified atom stereocenters. The van der Waals surface area contributed by atoms with Gasteiger partial charge in [-0.2, -0.15) is 18.4 Å². The SMILES string of the molecule is N#C/C(=C/c1cccc(NC(=O)C(F)(F)F)c1)C(=O)c1c[nH]c2cc(F)ccc12. The average Bonchev–Trinajstić information content (AvgIpc) is 3.08. The largest absolute Gasteiger partial charge is 0.471 e. The first-order valence-electron chi connectivity index (χ1n) is 8.10. The summed E-state index contributed by atoms with van der Waals surface area (Å²) >= 11 is 0. The highest BCUT2D eigenvalue weighted by molar-refractivity contribution is 6.19. The van der Waals surface area contributed by atoms with Gasteiger partial charge in [0.15, 0.2) is 0 Å². The number of alkyl halides is 3. The minimum atomic E-state index is -5.05. The summed E-state index contributed by atoms with van der Waals surface area (Å²) in [6.45, 7) is 0. The molecule has 0 fully saturated rings. The number of rotatable bonds is 4. The van der Waals surface area contributed by atoms with E-state index in [0.29, 0.717) is 10.9 Å². The number of benzene rings is 2. The van der Waals surface area contributed by atoms with Crippen LogP contribution in [-0.2, 0) is 4.79 Å². The molecule has 0 bridgehead atoms. The molecule has 5 nitrogen and oxygen atoms in total. The van der Waals surface area contributed by atoms with Crippen LogP contribution in [0.25, 0.3) is 17.0 Å². The van der Waals surface area contributed by atoms with Gasteiger partial charge in [-0.15, -0.1) is 0 Å². The molecule has 29 heavy (non-hydrogen) atoms. The summed E-state index contributed by atoms with van der Waals surface area (Å²) in [7, 11) is 0. The summed E-state index contributed by atoms with van der Waals surface area (Å²) < 4.78 is 50.4. The van der Waals surface area contributed by atoms with Gasteiger partial charge in [-0.1, -0.05) is 12.1 Å². The van der Waals surface area contributed by atoms with Gasteiger partial charge in [0.05, 0.1) is 0 Å². The van der Waals surface area contributed by atoms with Gasteiger partial charge in [0.1, 0.15) is 17.5 Å². The molecule has 2 aromatic carbocycles. The van der Waals surface area contributed by atoms with Crippen molar-refractivity contribution >= 4 is 34.4 Å². The van der Waals surface area contributed by atoms with E-state index < -0.39 is 23.7 Å². The van der Waals surface area contributed by atoms with E-state index in [0.717, 1.165) is 0 Å². The lowest BCUT2D eigenvalue weighted by Crippen LogP contribution is -2.29. The van der Waals surface area contributed by atoms with Gasteiger partial charge in [0.2, 0.25) is 5.78 Å². The zero-order valence-electron chi connectivity index (χ0n) is 14.5. The monoisotopic (exact) mass is 401 g/mol. The number of fused-ring (bicyclic) bond motifs is 1. The van der Waals surface area contributed by atoms with Gasteiger partial charge in [0.25, 0.3) is 0 Å². The average molecular weight is 401 g/mol. The number of anilines is 1. The van der Waals surface area contributed by atoms with E-state index in [2.05, 4.69) is 4.98 Å². The number of ketones is 1. The maximum Gasteiger partial charge on any atom is 0.471 e. The van der Waals surface area contributed by atoms with Crippen molar-refractivity contribution in [2.24, 2.45) is 0 Å². The molecule has 0 aliphatic heterocycles. The Morgan fingerprint density at radius 1 is 1.14 bits per heavy atom. The topological polar surface area (TPSA) is 85.8 Å². The van der Waals surface area contributed by atoms with Crippen molar-refractivity contribution in [2.45, 2.75) is 6.18 Å². The van der Waals surface area contributed by atoms with Crippen LogP contribution in [-0.4, -0.2) is 22.9 Å². The second kappa shape index (κ2) is 7.59. The third kappa shape index (κ3) is 4.32. The number of nitriles is 1. The van der Waals surface area contributed by atoms with Crippen LogP contribution in [0.4, 0.5) is 23.2 Å². The number of allylic oxidation sites excluding steroid dienone is 1. The fourth-order valence-corrected chi connectivity index (χ4v) is 2.65. The Labute approximate surface area is 161 Å². The maximum absolute atomic E-state index is 13.3. The molecule has 0 saturated carbocycles. The van der Waals surface area contributed by atoms with Gasteiger partial charge in [0, 0.05) is 28.4 Å². The standard InChI is InChI=1S/C20H11F4N3O2/c21-13-4-5-15-16(10-26-17(15)8-13)18(28)12(9-25)6-11-2-1-3-14(7-11)27-19(29)20(22,23)24/h1-8,10,26H,(H,27,29)/b12-6-. The Balaban J connectivity index is 1.91. The van der Waals surface area contributed by atoms with E-state index >= 15 is 0 Å². The number of nitrogens with one attached hydrogen (secondary N) is 2. The predicted molar refractivity (Wildman–Crippen MR) is 97.3 cm³/mol. The Bertz CT molecular complexity index is 1190. The Hall–Kier alpha value is -3.93. The van der Waals surface area contributed by atoms with E-state index in [9.17, 15) is 32.4 Å². The smallest absolute Gasteiger partial charge is 0.360 e. The summed E-state index contributed by atoms with van der Waals surface area (Å²) in [4.78, 5) is 26.5. The van der Waals surface area contributed by atoms with E-state index in [1.807, 2.05) is 0 Å². The fourth-order valence-electron chi connectivity index (χ4n) is 2.65. The Kier molecular flexibility index (Phi) is 5.19. The quantitative estimate of drug-likeness (QED) is 0.290. The number of carbonyl (C=O) groups excluding carboxylic acids is 2. The second-order valence-corrected chi connectivity index (χ2v) is 5.97. The minimum absolute atomic E-state index is 0.145. The van der Waals surface area contributed by atoms with Crippen molar-refractivity contribution in [1.82, 2.24) is 4.98 Å². The van der Waals surface area contributed by atoms with Crippen LogP contribution >= 0.6 is 0 Å². The third-order valence-electron chi connectivity index (χ3n) is 3.97. The highest BCUT2D eigenvalue weighted by atomic mass is 19.4. The third-order valence-corrected chi connectivity index (χ3v) is 3.97. The molecule has 146 valence electrons. The van der Waals surface area contributed by atoms with Crippen molar-refractivity contribution in [3.63, 3.8) is 0 Å². The number of Topliss-reactive ketones (excluding diaryl/α,β-unsaturated/α-hetero) is 1. The molecule has 0 spiro atoms. The van der Waals surface area contributed by atoms with E-state index in [1.54, 1.807) is 11.4 Å². The first kappa shape index (κ1) is 19.8. The lowest BCUT2D eigenvalue weighted by atomic mass is 10.0. The highest BCUT2D eigenvalue weighted by Crippen LogP contribution is 2.24. The summed E-state index contributed by atoms with van der Waals surface area (Å²) in [6, 6.07) is 10.8. The van der Waals surface area contributed by atoms with Crippen LogP contribution < -0.4 is 5.32 Å². The van der Waals surface area contributed by atoms with Gasteiger partial charge in [-0.3, -0.25) is 9.59 Å². The Morgan fingerprint density at radius 2 is 1.90 bits per heavy atom. The lowest BCUT2D eigenvalue weighted by molar-refractivity contribution is -0.167. The van der Waals surface area contributed by atoms with Crippen LogP contribution in [0.1, 0.15) is 15.9 Å². The molecule has 1 aromatic heterocycles. The van der Waals surface area contributed by atoms with Crippen molar-refractivity contribution in [1.29, 1.82) is 5.26 Å². The number of nitrogens with zero attached hydrogens (tertiary/aromatic N) is 1. The van der Waals surface area contributed by atoms with Crippen molar-refractivity contribution in [2.75, 3.05) is 5.32 Å². The van der Waals surface area contributed by atoms with Gasteiger partial charge in [-0.05, 0) is 42.0 Å². The lowest BCUT2D eigenvalue weighted by Gasteiger charge is -2.08. The first-order chi connectivity index (χ1) is 13.7. The van der Waals surface area contributed by atoms with Crippen LogP contribution in [0.15, 0.2) is 54.2 Å². The highest BCUT2D eigenvalue weighted by Gasteiger charge is 2.38. The molecule has 3 aromatic rings. The van der Waals surface area contributed by atoms with Crippen molar-refractivity contribution < 1.29 is 27.2 Å². The molecule has 9 heteroatoms. The second-order valence-electron chi connectivity index (χ2n) is 5.97. The number of halogens is 4. The van der Waals surface area contributed by atoms with Crippen molar-refractivity contribution in [3.8, 4) is 6.07 Å². The summed E-state index contributed by atoms with van der Waals surface area (Å²) in [5.41, 5.74) is 0.334. The molecule has 0 atom stereocenters. The Morgan fingerprint density at radius 3 is 2.59 bits per heavy atom. The number of aromatic amines is 1. The van der Waals surface area contributed by atoms with Crippen molar-refractivity contribution in [3.05, 3.63) is 71.2 Å². The summed E-state index contributed by atoms with van der Waals surface area (Å²) in [5, 5.41) is 11.5. The minimum Gasteiger partial charge on any atom is -0.360 e. The van der Waals surface area contributed by atoms with Crippen LogP contribution in [0, 0.1) is 17.1 Å². The molecule has 1 heterocycles. The number of H-pyrrole nitrogens is 1. The van der Waals surface area contributed by atoms with Gasteiger partial charge < -0.3 is 10.3 Å². The molecule has 0 saturated heterocycles. The van der Waals surface area contributed by atoms with E-state index in [4.69, 9.17) is 0 Å². The molecular formula is C20H11F4N3O2. The van der Waals surface area contributed by atoms with E-state index in [-0.39, 0.29) is 22.4 Å². The maximum atomic E-state index is 13.3. The van der Waals surface area contributed by atoms with Crippen LogP contribution in [0.2, 0.25) is 0 Å². The number of hydrogen-bond donors (Lipinski definition) is 2. The van der Waals surface area contributed by atoms with Gasteiger partial charge >= 0.3 is 12.1 Å². The molecule has 0 aliphatic rings. The summed E-state index contributed by atoms with van der Waals surface area (Å²) in [5.74, 6) is -3.27. The molecule has 3 rings (SSSR count). The summed E-state index contributed by atoms with van der Waals surface area (Å²) in [6.07, 6.45) is -2.51. The zero-order chi connectivity index (χ0) is 21.2. The molecule has 1 amide bonds. The van der Waals surface area contributed by atoms with Crippen LogP contribution in [0.5, 0.6) is 0 Å². The zero-order valence-corrected chi connectivity index (χ0v) is 14.5. The van der Waals surface area contributed by atoms with Gasteiger partial charge in [-0.25, -0.2) is 4.39 Å². The molecular weight excluding hydrogens is 390 g/mol.